The van der Waals surface area contributed by atoms with Crippen LogP contribution in [0.5, 0.6) is 5.75 Å². The Morgan fingerprint density at radius 1 is 1.44 bits per heavy atom. The number of rotatable bonds is 4. The molecule has 7 heteroatoms. The van der Waals surface area contributed by atoms with Crippen LogP contribution in [0.1, 0.15) is 25.0 Å². The van der Waals surface area contributed by atoms with Crippen molar-refractivity contribution in [1.82, 2.24) is 4.98 Å². The topological polar surface area (TPSA) is 101 Å². The van der Waals surface area contributed by atoms with Crippen molar-refractivity contribution in [3.05, 3.63) is 40.4 Å². The third kappa shape index (κ3) is 3.64. The molecular formula is C18H16N4O2S. The van der Waals surface area contributed by atoms with E-state index >= 15 is 0 Å². The van der Waals surface area contributed by atoms with Gasteiger partial charge in [-0.2, -0.15) is 10.3 Å². The van der Waals surface area contributed by atoms with Crippen molar-refractivity contribution in [3.63, 3.8) is 0 Å². The predicted octanol–water partition coefficient (Wildman–Crippen LogP) is 3.07. The second-order valence-electron chi connectivity index (χ2n) is 5.96. The minimum absolute atomic E-state index is 0.242. The van der Waals surface area contributed by atoms with Crippen LogP contribution >= 0.6 is 11.8 Å². The number of fused-ring (bicyclic) bond motifs is 1. The lowest BCUT2D eigenvalue weighted by atomic mass is 10.1. The van der Waals surface area contributed by atoms with Crippen LogP contribution in [-0.2, 0) is 4.79 Å². The Labute approximate surface area is 149 Å². The van der Waals surface area contributed by atoms with Gasteiger partial charge in [-0.05, 0) is 41.5 Å². The Bertz CT molecular complexity index is 957. The number of carbonyl (C=O) groups is 1. The van der Waals surface area contributed by atoms with Crippen LogP contribution in [0, 0.1) is 17.2 Å². The smallest absolute Gasteiger partial charge is 0.286 e. The summed E-state index contributed by atoms with van der Waals surface area (Å²) in [5, 5.41) is 10.3. The Hall–Kier alpha value is -2.85. The SMILES string of the molecule is CC(C)COc1c(C#N)cnc2ccc(C=C3SC(N)=NC3=O)cc12. The molecule has 2 aromatic rings. The Morgan fingerprint density at radius 2 is 2.24 bits per heavy atom. The van der Waals surface area contributed by atoms with E-state index in [0.29, 0.717) is 28.7 Å². The molecule has 25 heavy (non-hydrogen) atoms. The zero-order valence-corrected chi connectivity index (χ0v) is 14.6. The number of amidine groups is 1. The van der Waals surface area contributed by atoms with Gasteiger partial charge in [0.05, 0.1) is 17.0 Å². The molecule has 1 aliphatic rings. The monoisotopic (exact) mass is 352 g/mol. The maximum atomic E-state index is 11.8. The molecule has 0 bridgehead atoms. The number of hydrogen-bond donors (Lipinski definition) is 1. The number of aliphatic imine (C=N–C) groups is 1. The molecule has 0 atom stereocenters. The number of pyridine rings is 1. The van der Waals surface area contributed by atoms with E-state index in [1.807, 2.05) is 32.0 Å². The first-order chi connectivity index (χ1) is 12.0. The fourth-order valence-corrected chi connectivity index (χ4v) is 3.02. The first kappa shape index (κ1) is 17.0. The molecule has 2 N–H and O–H groups in total. The molecule has 1 aromatic carbocycles. The first-order valence-corrected chi connectivity index (χ1v) is 8.53. The van der Waals surface area contributed by atoms with Gasteiger partial charge in [-0.15, -0.1) is 0 Å². The third-order valence-corrected chi connectivity index (χ3v) is 4.27. The molecule has 2 heterocycles. The summed E-state index contributed by atoms with van der Waals surface area (Å²) in [6.07, 6.45) is 3.24. The molecular weight excluding hydrogens is 336 g/mol. The Balaban J connectivity index is 2.06. The van der Waals surface area contributed by atoms with Crippen LogP contribution in [0.3, 0.4) is 0 Å². The summed E-state index contributed by atoms with van der Waals surface area (Å²) >= 11 is 1.14. The van der Waals surface area contributed by atoms with Crippen molar-refractivity contribution in [2.45, 2.75) is 13.8 Å². The fraction of sp³-hybridized carbons (Fsp3) is 0.222. The number of amides is 1. The molecule has 0 saturated heterocycles. The maximum Gasteiger partial charge on any atom is 0.286 e. The number of nitrogens with two attached hydrogens (primary N) is 1. The van der Waals surface area contributed by atoms with E-state index in [2.05, 4.69) is 16.0 Å². The minimum atomic E-state index is -0.345. The van der Waals surface area contributed by atoms with Gasteiger partial charge in [0.2, 0.25) is 0 Å². The van der Waals surface area contributed by atoms with Crippen molar-refractivity contribution in [1.29, 1.82) is 5.26 Å². The standard InChI is InChI=1S/C18H16N4O2S/c1-10(2)9-24-16-12(7-19)8-21-14-4-3-11(5-13(14)16)6-15-17(23)22-18(20)25-15/h3-6,8,10H,9H2,1-2H3,(H2,20,22,23). The summed E-state index contributed by atoms with van der Waals surface area (Å²) < 4.78 is 5.87. The highest BCUT2D eigenvalue weighted by Crippen LogP contribution is 2.31. The van der Waals surface area contributed by atoms with Crippen LogP contribution in [0.4, 0.5) is 0 Å². The van der Waals surface area contributed by atoms with Gasteiger partial charge in [-0.3, -0.25) is 9.78 Å². The predicted molar refractivity (Wildman–Crippen MR) is 99.0 cm³/mol. The maximum absolute atomic E-state index is 11.8. The van der Waals surface area contributed by atoms with Gasteiger partial charge in [0.1, 0.15) is 17.4 Å². The zero-order valence-electron chi connectivity index (χ0n) is 13.8. The van der Waals surface area contributed by atoms with Gasteiger partial charge in [-0.25, -0.2) is 0 Å². The fourth-order valence-electron chi connectivity index (χ4n) is 2.34. The van der Waals surface area contributed by atoms with Gasteiger partial charge in [0, 0.05) is 11.6 Å². The molecule has 3 rings (SSSR count). The number of carbonyl (C=O) groups excluding carboxylic acids is 1. The summed E-state index contributed by atoms with van der Waals surface area (Å²) in [6, 6.07) is 7.66. The van der Waals surface area contributed by atoms with E-state index in [-0.39, 0.29) is 11.1 Å². The first-order valence-electron chi connectivity index (χ1n) is 7.71. The average Bonchev–Trinajstić information content (AvgIpc) is 2.89. The van der Waals surface area contributed by atoms with E-state index in [0.717, 1.165) is 28.2 Å². The summed E-state index contributed by atoms with van der Waals surface area (Å²) in [5.41, 5.74) is 7.48. The molecule has 0 aliphatic carbocycles. The Kier molecular flexibility index (Phi) is 4.72. The highest BCUT2D eigenvalue weighted by Gasteiger charge is 2.19. The van der Waals surface area contributed by atoms with Gasteiger partial charge in [0.15, 0.2) is 5.17 Å². The average molecular weight is 352 g/mol. The third-order valence-electron chi connectivity index (χ3n) is 3.46. The molecule has 0 saturated carbocycles. The normalized spacial score (nSPS) is 15.7. The molecule has 1 aromatic heterocycles. The summed E-state index contributed by atoms with van der Waals surface area (Å²) in [7, 11) is 0. The molecule has 0 fully saturated rings. The number of hydrogen-bond acceptors (Lipinski definition) is 6. The summed E-state index contributed by atoms with van der Waals surface area (Å²) in [6.45, 7) is 4.58. The number of ether oxygens (including phenoxy) is 1. The number of nitrogens with zero attached hydrogens (tertiary/aromatic N) is 3. The van der Waals surface area contributed by atoms with Crippen LogP contribution in [0.15, 0.2) is 34.3 Å². The van der Waals surface area contributed by atoms with Gasteiger partial charge in [0.25, 0.3) is 5.91 Å². The molecule has 0 unspecified atom stereocenters. The van der Waals surface area contributed by atoms with Gasteiger partial charge in [-0.1, -0.05) is 19.9 Å². The van der Waals surface area contributed by atoms with Crippen molar-refractivity contribution >= 4 is 39.8 Å². The number of nitriles is 1. The summed E-state index contributed by atoms with van der Waals surface area (Å²) in [4.78, 5) is 20.2. The van der Waals surface area contributed by atoms with E-state index in [1.54, 1.807) is 6.08 Å². The highest BCUT2D eigenvalue weighted by molar-refractivity contribution is 8.18. The molecule has 0 radical (unpaired) electrons. The van der Waals surface area contributed by atoms with Crippen molar-refractivity contribution in [2.24, 2.45) is 16.6 Å². The van der Waals surface area contributed by atoms with Crippen molar-refractivity contribution in [2.75, 3.05) is 6.61 Å². The lowest BCUT2D eigenvalue weighted by Crippen LogP contribution is -2.06. The quantitative estimate of drug-likeness (QED) is 0.849. The number of thioether (sulfide) groups is 1. The zero-order chi connectivity index (χ0) is 18.0. The van der Waals surface area contributed by atoms with Crippen molar-refractivity contribution in [3.8, 4) is 11.8 Å². The number of benzene rings is 1. The minimum Gasteiger partial charge on any atom is -0.491 e. The van der Waals surface area contributed by atoms with E-state index in [4.69, 9.17) is 10.5 Å². The van der Waals surface area contributed by atoms with E-state index < -0.39 is 0 Å². The molecule has 126 valence electrons. The van der Waals surface area contributed by atoms with E-state index in [1.165, 1.54) is 6.20 Å². The van der Waals surface area contributed by atoms with E-state index in [9.17, 15) is 10.1 Å². The molecule has 0 spiro atoms. The van der Waals surface area contributed by atoms with Crippen LogP contribution in [0.2, 0.25) is 0 Å². The van der Waals surface area contributed by atoms with Crippen LogP contribution < -0.4 is 10.5 Å². The molecule has 1 amide bonds. The second-order valence-corrected chi connectivity index (χ2v) is 7.02. The molecule has 1 aliphatic heterocycles. The van der Waals surface area contributed by atoms with Crippen LogP contribution in [0.25, 0.3) is 17.0 Å². The lowest BCUT2D eigenvalue weighted by Gasteiger charge is -2.13. The van der Waals surface area contributed by atoms with Crippen molar-refractivity contribution < 1.29 is 9.53 Å². The highest BCUT2D eigenvalue weighted by atomic mass is 32.2. The van der Waals surface area contributed by atoms with Gasteiger partial charge < -0.3 is 10.5 Å². The Morgan fingerprint density at radius 3 is 2.88 bits per heavy atom. The number of aromatic nitrogens is 1. The van der Waals surface area contributed by atoms with Crippen LogP contribution in [-0.4, -0.2) is 22.7 Å². The molecule has 6 nitrogen and oxygen atoms in total. The van der Waals surface area contributed by atoms with Gasteiger partial charge >= 0.3 is 0 Å². The lowest BCUT2D eigenvalue weighted by molar-refractivity contribution is -0.113. The second kappa shape index (κ2) is 6.95. The summed E-state index contributed by atoms with van der Waals surface area (Å²) in [5.74, 6) is 0.498. The largest absolute Gasteiger partial charge is 0.491 e.